The molecule has 0 amide bonds. The van der Waals surface area contributed by atoms with Crippen LogP contribution in [0.15, 0.2) is 18.2 Å². The summed E-state index contributed by atoms with van der Waals surface area (Å²) in [4.78, 5) is 5.39. The Morgan fingerprint density at radius 3 is 2.18 bits per heavy atom. The van der Waals surface area contributed by atoms with Gasteiger partial charge in [0.2, 0.25) is 5.39 Å². The van der Waals surface area contributed by atoms with Gasteiger partial charge in [-0.3, -0.25) is 0 Å². The van der Waals surface area contributed by atoms with E-state index >= 15 is 0 Å². The SMILES string of the molecule is CCCN(C)c1ccc([N+]#N)c(C)c1.O=S(=O)([O-])C(F)(F)F. The van der Waals surface area contributed by atoms with Gasteiger partial charge in [0.15, 0.2) is 15.1 Å². The van der Waals surface area contributed by atoms with Crippen molar-refractivity contribution in [2.75, 3.05) is 18.5 Å². The number of benzene rings is 1. The average molecular weight is 339 g/mol. The van der Waals surface area contributed by atoms with Crippen LogP contribution in [0.4, 0.5) is 24.5 Å². The Labute approximate surface area is 126 Å². The molecule has 0 atom stereocenters. The minimum atomic E-state index is -6.09. The molecule has 0 radical (unpaired) electrons. The molecule has 0 spiro atoms. The lowest BCUT2D eigenvalue weighted by molar-refractivity contribution is -0.0517. The van der Waals surface area contributed by atoms with E-state index < -0.39 is 15.6 Å². The van der Waals surface area contributed by atoms with Gasteiger partial charge >= 0.3 is 11.2 Å². The van der Waals surface area contributed by atoms with Crippen molar-refractivity contribution in [3.8, 4) is 0 Å². The number of hydrogen-bond donors (Lipinski definition) is 0. The highest BCUT2D eigenvalue weighted by molar-refractivity contribution is 7.86. The highest BCUT2D eigenvalue weighted by Crippen LogP contribution is 2.24. The van der Waals surface area contributed by atoms with Crippen molar-refractivity contribution in [1.29, 1.82) is 5.39 Å². The molecule has 22 heavy (non-hydrogen) atoms. The van der Waals surface area contributed by atoms with Crippen molar-refractivity contribution >= 4 is 21.5 Å². The molecule has 0 aliphatic heterocycles. The summed E-state index contributed by atoms with van der Waals surface area (Å²) in [5.74, 6) is 0. The van der Waals surface area contributed by atoms with Crippen molar-refractivity contribution in [3.05, 3.63) is 28.7 Å². The number of nitrogens with zero attached hydrogens (tertiary/aromatic N) is 3. The molecule has 0 unspecified atom stereocenters. The average Bonchev–Trinajstić information content (AvgIpc) is 2.37. The number of anilines is 1. The third-order valence-corrected chi connectivity index (χ3v) is 3.14. The maximum atomic E-state index is 10.7. The fourth-order valence-corrected chi connectivity index (χ4v) is 1.45. The first-order valence-corrected chi connectivity index (χ1v) is 7.54. The largest absolute Gasteiger partial charge is 0.741 e. The summed E-state index contributed by atoms with van der Waals surface area (Å²) in [5, 5.41) is 8.66. The fraction of sp³-hybridized carbons (Fsp3) is 0.500. The molecule has 0 aromatic heterocycles. The third-order valence-electron chi connectivity index (χ3n) is 2.57. The lowest BCUT2D eigenvalue weighted by atomic mass is 10.1. The summed E-state index contributed by atoms with van der Waals surface area (Å²) in [6, 6.07) is 5.83. The van der Waals surface area contributed by atoms with Gasteiger partial charge in [-0.05, 0) is 25.5 Å². The molecule has 0 fully saturated rings. The molecule has 1 rings (SSSR count). The monoisotopic (exact) mass is 339 g/mol. The van der Waals surface area contributed by atoms with Gasteiger partial charge in [0.1, 0.15) is 0 Å². The van der Waals surface area contributed by atoms with Crippen molar-refractivity contribution in [3.63, 3.8) is 0 Å². The van der Waals surface area contributed by atoms with Gasteiger partial charge < -0.3 is 9.45 Å². The minimum Gasteiger partial charge on any atom is -0.741 e. The lowest BCUT2D eigenvalue weighted by Crippen LogP contribution is -2.21. The van der Waals surface area contributed by atoms with Crippen molar-refractivity contribution in [2.24, 2.45) is 0 Å². The second-order valence-corrected chi connectivity index (χ2v) is 5.76. The van der Waals surface area contributed by atoms with Crippen LogP contribution in [-0.4, -0.2) is 32.1 Å². The molecule has 0 aliphatic rings. The second-order valence-electron chi connectivity index (χ2n) is 4.39. The molecule has 6 nitrogen and oxygen atoms in total. The molecule has 0 saturated carbocycles. The Bertz CT molecular complexity index is 639. The van der Waals surface area contributed by atoms with Gasteiger partial charge in [-0.15, -0.1) is 0 Å². The third kappa shape index (κ3) is 6.28. The van der Waals surface area contributed by atoms with E-state index in [0.717, 1.165) is 24.2 Å². The Hall–Kier alpha value is -1.86. The zero-order valence-corrected chi connectivity index (χ0v) is 13.1. The van der Waals surface area contributed by atoms with Crippen molar-refractivity contribution in [1.82, 2.24) is 0 Å². The summed E-state index contributed by atoms with van der Waals surface area (Å²) in [6.07, 6.45) is 1.13. The van der Waals surface area contributed by atoms with E-state index in [0.29, 0.717) is 5.69 Å². The molecule has 124 valence electrons. The topological polar surface area (TPSA) is 88.6 Å². The van der Waals surface area contributed by atoms with Crippen molar-refractivity contribution < 1.29 is 26.1 Å². The summed E-state index contributed by atoms with van der Waals surface area (Å²) in [5.41, 5.74) is -2.85. The van der Waals surface area contributed by atoms with E-state index in [9.17, 15) is 13.2 Å². The van der Waals surface area contributed by atoms with E-state index in [-0.39, 0.29) is 0 Å². The molecule has 10 heteroatoms. The number of diazo groups is 1. The molecule has 1 aromatic rings. The van der Waals surface area contributed by atoms with Gasteiger partial charge in [0.25, 0.3) is 0 Å². The normalized spacial score (nSPS) is 11.2. The molecule has 0 heterocycles. The van der Waals surface area contributed by atoms with E-state index in [1.165, 1.54) is 0 Å². The van der Waals surface area contributed by atoms with Gasteiger partial charge in [-0.25, -0.2) is 8.42 Å². The van der Waals surface area contributed by atoms with Gasteiger partial charge in [0, 0.05) is 30.9 Å². The summed E-state index contributed by atoms with van der Waals surface area (Å²) in [6.45, 7) is 5.13. The van der Waals surface area contributed by atoms with E-state index in [1.807, 2.05) is 25.1 Å². The highest BCUT2D eigenvalue weighted by atomic mass is 32.2. The van der Waals surface area contributed by atoms with Crippen LogP contribution in [0, 0.1) is 12.3 Å². The number of alkyl halides is 3. The molecule has 0 bridgehead atoms. The van der Waals surface area contributed by atoms with Gasteiger partial charge in [-0.1, -0.05) is 6.92 Å². The molecule has 0 aliphatic carbocycles. The maximum Gasteiger partial charge on any atom is 0.485 e. The molecule has 0 N–H and O–H groups in total. The first-order valence-electron chi connectivity index (χ1n) is 6.13. The van der Waals surface area contributed by atoms with Crippen LogP contribution >= 0.6 is 0 Å². The Morgan fingerprint density at radius 1 is 1.36 bits per heavy atom. The van der Waals surface area contributed by atoms with Crippen LogP contribution in [0.25, 0.3) is 4.98 Å². The van der Waals surface area contributed by atoms with Crippen LogP contribution in [0.2, 0.25) is 0 Å². The van der Waals surface area contributed by atoms with Crippen LogP contribution in [0.1, 0.15) is 18.9 Å². The Balaban J connectivity index is 0.000000472. The molecular formula is C12H16F3N3O3S. The van der Waals surface area contributed by atoms with Crippen LogP contribution < -0.4 is 4.90 Å². The predicted octanol–water partition coefficient (Wildman–Crippen LogP) is 3.38. The number of halogens is 3. The number of hydrogen-bond acceptors (Lipinski definition) is 5. The zero-order valence-electron chi connectivity index (χ0n) is 12.3. The van der Waals surface area contributed by atoms with Gasteiger partial charge in [0.05, 0.1) is 0 Å². The second kappa shape index (κ2) is 7.95. The van der Waals surface area contributed by atoms with Gasteiger partial charge in [-0.2, -0.15) is 13.2 Å². The molecule has 0 saturated heterocycles. The summed E-state index contributed by atoms with van der Waals surface area (Å²) in [7, 11) is -4.03. The summed E-state index contributed by atoms with van der Waals surface area (Å²) < 4.78 is 58.9. The number of aryl methyl sites for hydroxylation is 1. The van der Waals surface area contributed by atoms with E-state index in [4.69, 9.17) is 18.4 Å². The van der Waals surface area contributed by atoms with Crippen LogP contribution in [0.5, 0.6) is 0 Å². The molecular weight excluding hydrogens is 323 g/mol. The predicted molar refractivity (Wildman–Crippen MR) is 75.2 cm³/mol. The fourth-order valence-electron chi connectivity index (χ4n) is 1.45. The minimum absolute atomic E-state index is 0.638. The van der Waals surface area contributed by atoms with E-state index in [1.54, 1.807) is 0 Å². The first-order chi connectivity index (χ1) is 9.94. The van der Waals surface area contributed by atoms with Crippen molar-refractivity contribution in [2.45, 2.75) is 25.8 Å². The first kappa shape index (κ1) is 20.1. The molecule has 1 aromatic carbocycles. The summed E-state index contributed by atoms with van der Waals surface area (Å²) >= 11 is 0. The van der Waals surface area contributed by atoms with E-state index in [2.05, 4.69) is 23.8 Å². The Kier molecular flexibility index (Phi) is 7.28. The smallest absolute Gasteiger partial charge is 0.485 e. The highest BCUT2D eigenvalue weighted by Gasteiger charge is 2.36. The number of rotatable bonds is 3. The zero-order chi connectivity index (χ0) is 17.6. The maximum absolute atomic E-state index is 10.7. The lowest BCUT2D eigenvalue weighted by Gasteiger charge is -2.17. The quantitative estimate of drug-likeness (QED) is 0.478. The van der Waals surface area contributed by atoms with Crippen LogP contribution in [0.3, 0.4) is 0 Å². The standard InChI is InChI=1S/C11H16N3.CHF3O3S/c1-4-7-14(3)10-5-6-11(13-12)9(2)8-10;2-1(3,4)8(5,6)7/h5-6,8H,4,7H2,1-3H3;(H,5,6,7)/q+1;/p-1. The van der Waals surface area contributed by atoms with Crippen LogP contribution in [-0.2, 0) is 10.1 Å². The Morgan fingerprint density at radius 2 is 1.86 bits per heavy atom.